The number of benzene rings is 3. The summed E-state index contributed by atoms with van der Waals surface area (Å²) in [6, 6.07) is 28.1. The molecule has 0 fully saturated rings. The molecule has 3 aromatic carbocycles. The minimum Gasteiger partial charge on any atom is -0.367 e. The molecule has 0 unspecified atom stereocenters. The standard InChI is InChI=1S/C28H29N3O/c1-21(2)26-16-10-11-22(3)27(26)30-28(32)25(17-29)20-31(18-23-12-6-4-7-13-23)19-24-14-8-5-9-15-24/h4-16,20-21H,18-19H2,1-3H3,(H,30,32)/b25-20-. The molecule has 0 aliphatic rings. The molecule has 0 aromatic heterocycles. The van der Waals surface area contributed by atoms with Crippen molar-refractivity contribution in [2.75, 3.05) is 5.32 Å². The fourth-order valence-electron chi connectivity index (χ4n) is 3.63. The smallest absolute Gasteiger partial charge is 0.267 e. The predicted octanol–water partition coefficient (Wildman–Crippen LogP) is 6.17. The van der Waals surface area contributed by atoms with Crippen molar-refractivity contribution in [3.05, 3.63) is 113 Å². The molecule has 1 amide bonds. The molecule has 0 bridgehead atoms. The van der Waals surface area contributed by atoms with Crippen molar-refractivity contribution in [2.45, 2.75) is 39.8 Å². The summed E-state index contributed by atoms with van der Waals surface area (Å²) in [5.74, 6) is -0.137. The van der Waals surface area contributed by atoms with Crippen LogP contribution in [0, 0.1) is 18.3 Å². The first-order valence-corrected chi connectivity index (χ1v) is 10.8. The van der Waals surface area contributed by atoms with E-state index in [1.807, 2.05) is 90.7 Å². The van der Waals surface area contributed by atoms with Crippen LogP contribution < -0.4 is 5.32 Å². The number of amides is 1. The Morgan fingerprint density at radius 3 is 2.00 bits per heavy atom. The minimum absolute atomic E-state index is 0.0785. The van der Waals surface area contributed by atoms with E-state index < -0.39 is 5.91 Å². The van der Waals surface area contributed by atoms with Crippen LogP contribution in [0.15, 0.2) is 90.6 Å². The van der Waals surface area contributed by atoms with E-state index >= 15 is 0 Å². The molecule has 4 nitrogen and oxygen atoms in total. The number of para-hydroxylation sites is 1. The van der Waals surface area contributed by atoms with Crippen molar-refractivity contribution >= 4 is 11.6 Å². The second-order valence-corrected chi connectivity index (χ2v) is 8.18. The average Bonchev–Trinajstić information content (AvgIpc) is 2.79. The quantitative estimate of drug-likeness (QED) is 0.348. The molecule has 162 valence electrons. The number of nitriles is 1. The maximum absolute atomic E-state index is 13.1. The maximum atomic E-state index is 13.1. The Morgan fingerprint density at radius 1 is 0.938 bits per heavy atom. The third kappa shape index (κ3) is 6.09. The van der Waals surface area contributed by atoms with Crippen LogP contribution >= 0.6 is 0 Å². The fourth-order valence-corrected chi connectivity index (χ4v) is 3.63. The number of carbonyl (C=O) groups is 1. The number of rotatable bonds is 8. The molecule has 0 saturated carbocycles. The third-order valence-corrected chi connectivity index (χ3v) is 5.30. The van der Waals surface area contributed by atoms with E-state index in [0.29, 0.717) is 13.1 Å². The number of nitrogens with zero attached hydrogens (tertiary/aromatic N) is 2. The van der Waals surface area contributed by atoms with Crippen LogP contribution in [0.1, 0.15) is 42.0 Å². The Balaban J connectivity index is 1.89. The minimum atomic E-state index is -0.394. The first-order chi connectivity index (χ1) is 15.5. The summed E-state index contributed by atoms with van der Waals surface area (Å²) in [6.45, 7) is 7.33. The van der Waals surface area contributed by atoms with Crippen molar-refractivity contribution in [1.29, 1.82) is 5.26 Å². The van der Waals surface area contributed by atoms with Crippen molar-refractivity contribution in [3.63, 3.8) is 0 Å². The van der Waals surface area contributed by atoms with Gasteiger partial charge in [-0.15, -0.1) is 0 Å². The van der Waals surface area contributed by atoms with Gasteiger partial charge in [0.2, 0.25) is 0 Å². The van der Waals surface area contributed by atoms with Gasteiger partial charge in [0.15, 0.2) is 0 Å². The summed E-state index contributed by atoms with van der Waals surface area (Å²) in [6.07, 6.45) is 1.67. The van der Waals surface area contributed by atoms with E-state index in [1.165, 1.54) is 0 Å². The molecular weight excluding hydrogens is 394 g/mol. The molecule has 0 atom stereocenters. The first-order valence-electron chi connectivity index (χ1n) is 10.8. The lowest BCUT2D eigenvalue weighted by Crippen LogP contribution is -2.22. The van der Waals surface area contributed by atoms with E-state index in [1.54, 1.807) is 6.20 Å². The van der Waals surface area contributed by atoms with Gasteiger partial charge in [0.1, 0.15) is 11.6 Å². The highest BCUT2D eigenvalue weighted by molar-refractivity contribution is 6.07. The van der Waals surface area contributed by atoms with Crippen LogP contribution in [-0.4, -0.2) is 10.8 Å². The largest absolute Gasteiger partial charge is 0.367 e. The van der Waals surface area contributed by atoms with Gasteiger partial charge in [0.25, 0.3) is 5.91 Å². The normalized spacial score (nSPS) is 11.2. The Morgan fingerprint density at radius 2 is 1.50 bits per heavy atom. The Labute approximate surface area is 190 Å². The van der Waals surface area contributed by atoms with Gasteiger partial charge < -0.3 is 10.2 Å². The number of nitrogens with one attached hydrogen (secondary N) is 1. The Kier molecular flexibility index (Phi) is 7.83. The summed E-state index contributed by atoms with van der Waals surface area (Å²) in [4.78, 5) is 15.1. The molecule has 0 radical (unpaired) electrons. The molecule has 3 aromatic rings. The molecular formula is C28H29N3O. The maximum Gasteiger partial charge on any atom is 0.267 e. The highest BCUT2D eigenvalue weighted by Gasteiger charge is 2.16. The van der Waals surface area contributed by atoms with E-state index in [-0.39, 0.29) is 11.5 Å². The van der Waals surface area contributed by atoms with E-state index in [9.17, 15) is 10.1 Å². The van der Waals surface area contributed by atoms with Crippen LogP contribution in [-0.2, 0) is 17.9 Å². The zero-order valence-corrected chi connectivity index (χ0v) is 18.9. The summed E-state index contributed by atoms with van der Waals surface area (Å²) in [7, 11) is 0. The SMILES string of the molecule is Cc1cccc(C(C)C)c1NC(=O)/C(C#N)=C\N(Cc1ccccc1)Cc1ccccc1. The van der Waals surface area contributed by atoms with Crippen molar-refractivity contribution in [3.8, 4) is 6.07 Å². The molecule has 0 aliphatic heterocycles. The predicted molar refractivity (Wildman–Crippen MR) is 130 cm³/mol. The van der Waals surface area contributed by atoms with Crippen LogP contribution in [0.5, 0.6) is 0 Å². The second kappa shape index (κ2) is 11.0. The second-order valence-electron chi connectivity index (χ2n) is 8.18. The van der Waals surface area contributed by atoms with E-state index in [4.69, 9.17) is 0 Å². The third-order valence-electron chi connectivity index (χ3n) is 5.30. The molecule has 0 aliphatic carbocycles. The lowest BCUT2D eigenvalue weighted by atomic mass is 9.98. The van der Waals surface area contributed by atoms with Gasteiger partial charge in [-0.3, -0.25) is 4.79 Å². The average molecular weight is 424 g/mol. The Bertz CT molecular complexity index is 1070. The van der Waals surface area contributed by atoms with Gasteiger partial charge in [0.05, 0.1) is 0 Å². The van der Waals surface area contributed by atoms with Crippen LogP contribution in [0.2, 0.25) is 0 Å². The highest BCUT2D eigenvalue weighted by atomic mass is 16.1. The van der Waals surface area contributed by atoms with Gasteiger partial charge in [-0.05, 0) is 35.1 Å². The van der Waals surface area contributed by atoms with Crippen molar-refractivity contribution < 1.29 is 4.79 Å². The number of aryl methyl sites for hydroxylation is 1. The fraction of sp³-hybridized carbons (Fsp3) is 0.214. The van der Waals surface area contributed by atoms with Crippen LogP contribution in [0.25, 0.3) is 0 Å². The summed E-state index contributed by atoms with van der Waals surface area (Å²) in [5.41, 5.74) is 5.12. The molecule has 0 spiro atoms. The lowest BCUT2D eigenvalue weighted by molar-refractivity contribution is -0.112. The lowest BCUT2D eigenvalue weighted by Gasteiger charge is -2.22. The first kappa shape index (κ1) is 22.8. The van der Waals surface area contributed by atoms with Crippen molar-refractivity contribution in [1.82, 2.24) is 4.90 Å². The highest BCUT2D eigenvalue weighted by Crippen LogP contribution is 2.28. The van der Waals surface area contributed by atoms with Gasteiger partial charge >= 0.3 is 0 Å². The number of carbonyl (C=O) groups excluding carboxylic acids is 1. The number of anilines is 1. The molecule has 0 heterocycles. The van der Waals surface area contributed by atoms with Gasteiger partial charge in [-0.2, -0.15) is 5.26 Å². The summed E-state index contributed by atoms with van der Waals surface area (Å²) < 4.78 is 0. The summed E-state index contributed by atoms with van der Waals surface area (Å²) in [5, 5.41) is 12.8. The van der Waals surface area contributed by atoms with Crippen molar-refractivity contribution in [2.24, 2.45) is 0 Å². The topological polar surface area (TPSA) is 56.1 Å². The van der Waals surface area contributed by atoms with Crippen LogP contribution in [0.3, 0.4) is 0 Å². The van der Waals surface area contributed by atoms with Gasteiger partial charge in [-0.1, -0.05) is 92.7 Å². The number of hydrogen-bond acceptors (Lipinski definition) is 3. The monoisotopic (exact) mass is 423 g/mol. The molecule has 4 heteroatoms. The summed E-state index contributed by atoms with van der Waals surface area (Å²) >= 11 is 0. The Hall–Kier alpha value is -3.84. The van der Waals surface area contributed by atoms with E-state index in [0.717, 1.165) is 27.9 Å². The molecule has 32 heavy (non-hydrogen) atoms. The van der Waals surface area contributed by atoms with Gasteiger partial charge in [0, 0.05) is 25.0 Å². The van der Waals surface area contributed by atoms with Crippen LogP contribution in [0.4, 0.5) is 5.69 Å². The number of hydrogen-bond donors (Lipinski definition) is 1. The van der Waals surface area contributed by atoms with Gasteiger partial charge in [-0.25, -0.2) is 0 Å². The molecule has 0 saturated heterocycles. The molecule has 1 N–H and O–H groups in total. The zero-order valence-electron chi connectivity index (χ0n) is 18.9. The molecule has 3 rings (SSSR count). The zero-order chi connectivity index (χ0) is 22.9. The van der Waals surface area contributed by atoms with E-state index in [2.05, 4.69) is 25.2 Å².